The Morgan fingerprint density at radius 1 is 1.14 bits per heavy atom. The molecule has 0 spiro atoms. The lowest BCUT2D eigenvalue weighted by Gasteiger charge is -2.07. The standard InChI is InChI=1S/C18H26N2O/c1-3-4-5-6-7-8-9-16-10-12-17(13-11-16)18(21)20-15(2)14-19/h10-13,15H,3-9H2,1-2H3,(H,20,21)/t15-/m1/s1. The highest BCUT2D eigenvalue weighted by molar-refractivity contribution is 5.94. The van der Waals surface area contributed by atoms with Gasteiger partial charge >= 0.3 is 0 Å². The molecule has 114 valence electrons. The van der Waals surface area contributed by atoms with Crippen LogP contribution in [0.5, 0.6) is 0 Å². The van der Waals surface area contributed by atoms with E-state index in [-0.39, 0.29) is 5.91 Å². The van der Waals surface area contributed by atoms with Crippen molar-refractivity contribution in [3.8, 4) is 6.07 Å². The zero-order valence-electron chi connectivity index (χ0n) is 13.2. The number of nitrogens with zero attached hydrogens (tertiary/aromatic N) is 1. The maximum Gasteiger partial charge on any atom is 0.252 e. The highest BCUT2D eigenvalue weighted by atomic mass is 16.1. The van der Waals surface area contributed by atoms with Crippen molar-refractivity contribution in [1.29, 1.82) is 5.26 Å². The number of nitrogens with one attached hydrogen (secondary N) is 1. The van der Waals surface area contributed by atoms with Gasteiger partial charge in [0, 0.05) is 5.56 Å². The van der Waals surface area contributed by atoms with E-state index in [4.69, 9.17) is 5.26 Å². The number of rotatable bonds is 9. The van der Waals surface area contributed by atoms with Crippen LogP contribution in [0.3, 0.4) is 0 Å². The topological polar surface area (TPSA) is 52.9 Å². The normalized spacial score (nSPS) is 11.7. The van der Waals surface area contributed by atoms with Crippen LogP contribution in [0.1, 0.15) is 68.3 Å². The van der Waals surface area contributed by atoms with E-state index in [1.165, 1.54) is 44.1 Å². The van der Waals surface area contributed by atoms with E-state index in [0.29, 0.717) is 5.56 Å². The van der Waals surface area contributed by atoms with Crippen molar-refractivity contribution in [2.24, 2.45) is 0 Å². The van der Waals surface area contributed by atoms with Gasteiger partial charge in [-0.1, -0.05) is 51.2 Å². The Bertz CT molecular complexity index is 459. The second-order valence-corrected chi connectivity index (χ2v) is 5.54. The molecule has 1 rings (SSSR count). The summed E-state index contributed by atoms with van der Waals surface area (Å²) in [5.74, 6) is -0.185. The summed E-state index contributed by atoms with van der Waals surface area (Å²) >= 11 is 0. The molecule has 0 bridgehead atoms. The summed E-state index contributed by atoms with van der Waals surface area (Å²) in [7, 11) is 0. The molecule has 1 N–H and O–H groups in total. The first-order valence-electron chi connectivity index (χ1n) is 7.96. The summed E-state index contributed by atoms with van der Waals surface area (Å²) in [6.45, 7) is 3.90. The summed E-state index contributed by atoms with van der Waals surface area (Å²) in [4.78, 5) is 11.8. The molecule has 0 aliphatic rings. The second-order valence-electron chi connectivity index (χ2n) is 5.54. The van der Waals surface area contributed by atoms with Gasteiger partial charge < -0.3 is 5.32 Å². The molecule has 21 heavy (non-hydrogen) atoms. The smallest absolute Gasteiger partial charge is 0.252 e. The number of carbonyl (C=O) groups excluding carboxylic acids is 1. The molecule has 0 heterocycles. The van der Waals surface area contributed by atoms with Gasteiger partial charge in [0.25, 0.3) is 5.91 Å². The van der Waals surface area contributed by atoms with Crippen LogP contribution in [-0.4, -0.2) is 11.9 Å². The number of aryl methyl sites for hydroxylation is 1. The Labute approximate surface area is 128 Å². The highest BCUT2D eigenvalue weighted by Crippen LogP contribution is 2.11. The maximum absolute atomic E-state index is 11.8. The Morgan fingerprint density at radius 3 is 2.38 bits per heavy atom. The van der Waals surface area contributed by atoms with Crippen molar-refractivity contribution in [2.75, 3.05) is 0 Å². The van der Waals surface area contributed by atoms with Gasteiger partial charge in [-0.25, -0.2) is 0 Å². The number of carbonyl (C=O) groups is 1. The van der Waals surface area contributed by atoms with Gasteiger partial charge in [-0.15, -0.1) is 0 Å². The molecule has 1 aromatic carbocycles. The maximum atomic E-state index is 11.8. The number of benzene rings is 1. The predicted octanol–water partition coefficient (Wildman–Crippen LogP) is 4.23. The molecular formula is C18H26N2O. The average molecular weight is 286 g/mol. The summed E-state index contributed by atoms with van der Waals surface area (Å²) in [5, 5.41) is 11.3. The molecule has 1 atom stereocenters. The van der Waals surface area contributed by atoms with Gasteiger partial charge in [0.15, 0.2) is 0 Å². The number of hydrogen-bond acceptors (Lipinski definition) is 2. The van der Waals surface area contributed by atoms with Gasteiger partial charge in [-0.3, -0.25) is 4.79 Å². The van der Waals surface area contributed by atoms with E-state index in [9.17, 15) is 4.79 Å². The second kappa shape index (κ2) is 9.99. The minimum absolute atomic E-state index is 0.185. The fourth-order valence-electron chi connectivity index (χ4n) is 2.24. The fraction of sp³-hybridized carbons (Fsp3) is 0.556. The third-order valence-electron chi connectivity index (χ3n) is 3.58. The van der Waals surface area contributed by atoms with E-state index < -0.39 is 6.04 Å². The van der Waals surface area contributed by atoms with Crippen LogP contribution in [0.4, 0.5) is 0 Å². The largest absolute Gasteiger partial charge is 0.337 e. The summed E-state index contributed by atoms with van der Waals surface area (Å²) in [6.07, 6.45) is 8.84. The molecule has 1 amide bonds. The number of amides is 1. The van der Waals surface area contributed by atoms with Crippen molar-refractivity contribution in [3.05, 3.63) is 35.4 Å². The van der Waals surface area contributed by atoms with Crippen molar-refractivity contribution in [3.63, 3.8) is 0 Å². The first-order valence-corrected chi connectivity index (χ1v) is 7.96. The van der Waals surface area contributed by atoms with Crippen molar-refractivity contribution >= 4 is 5.91 Å². The van der Waals surface area contributed by atoms with Gasteiger partial charge in [0.05, 0.1) is 6.07 Å². The van der Waals surface area contributed by atoms with Crippen LogP contribution in [0.2, 0.25) is 0 Å². The van der Waals surface area contributed by atoms with Crippen LogP contribution in [-0.2, 0) is 6.42 Å². The number of hydrogen-bond donors (Lipinski definition) is 1. The predicted molar refractivity (Wildman–Crippen MR) is 86.1 cm³/mol. The molecule has 0 radical (unpaired) electrons. The van der Waals surface area contributed by atoms with Crippen LogP contribution >= 0.6 is 0 Å². The minimum Gasteiger partial charge on any atom is -0.337 e. The van der Waals surface area contributed by atoms with Crippen molar-refractivity contribution < 1.29 is 4.79 Å². The number of unbranched alkanes of at least 4 members (excludes halogenated alkanes) is 5. The fourth-order valence-corrected chi connectivity index (χ4v) is 2.24. The molecule has 0 fully saturated rings. The molecule has 0 aliphatic heterocycles. The third-order valence-corrected chi connectivity index (χ3v) is 3.58. The first kappa shape index (κ1) is 17.2. The van der Waals surface area contributed by atoms with Crippen molar-refractivity contribution in [2.45, 2.75) is 64.8 Å². The zero-order chi connectivity index (χ0) is 15.5. The van der Waals surface area contributed by atoms with E-state index in [0.717, 1.165) is 6.42 Å². The molecule has 3 nitrogen and oxygen atoms in total. The Balaban J connectivity index is 2.33. The van der Waals surface area contributed by atoms with E-state index >= 15 is 0 Å². The lowest BCUT2D eigenvalue weighted by atomic mass is 10.0. The van der Waals surface area contributed by atoms with Crippen molar-refractivity contribution in [1.82, 2.24) is 5.32 Å². The monoisotopic (exact) mass is 286 g/mol. The lowest BCUT2D eigenvalue weighted by molar-refractivity contribution is 0.0948. The van der Waals surface area contributed by atoms with Gasteiger partial charge in [-0.2, -0.15) is 5.26 Å². The minimum atomic E-state index is -0.458. The third kappa shape index (κ3) is 6.94. The van der Waals surface area contributed by atoms with Crippen LogP contribution < -0.4 is 5.32 Å². The molecule has 0 aromatic heterocycles. The quantitative estimate of drug-likeness (QED) is 0.691. The van der Waals surface area contributed by atoms with E-state index in [1.807, 2.05) is 30.3 Å². The molecular weight excluding hydrogens is 260 g/mol. The number of nitriles is 1. The Kier molecular flexibility index (Phi) is 8.19. The summed E-state index contributed by atoms with van der Waals surface area (Å²) in [5.41, 5.74) is 1.89. The van der Waals surface area contributed by atoms with E-state index in [1.54, 1.807) is 6.92 Å². The van der Waals surface area contributed by atoms with Gasteiger partial charge in [0.1, 0.15) is 6.04 Å². The SMILES string of the molecule is CCCCCCCCc1ccc(C(=O)N[C@H](C)C#N)cc1. The molecule has 3 heteroatoms. The lowest BCUT2D eigenvalue weighted by Crippen LogP contribution is -2.31. The van der Waals surface area contributed by atoms with Gasteiger partial charge in [-0.05, 0) is 37.5 Å². The first-order chi connectivity index (χ1) is 10.2. The Morgan fingerprint density at radius 2 is 1.76 bits per heavy atom. The summed E-state index contributed by atoms with van der Waals surface area (Å²) < 4.78 is 0. The van der Waals surface area contributed by atoms with Crippen LogP contribution in [0.25, 0.3) is 0 Å². The zero-order valence-corrected chi connectivity index (χ0v) is 13.2. The average Bonchev–Trinajstić information content (AvgIpc) is 2.51. The molecule has 1 aromatic rings. The van der Waals surface area contributed by atoms with E-state index in [2.05, 4.69) is 12.2 Å². The van der Waals surface area contributed by atoms with Crippen LogP contribution in [0, 0.1) is 11.3 Å². The molecule has 0 unspecified atom stereocenters. The van der Waals surface area contributed by atoms with Gasteiger partial charge in [0.2, 0.25) is 0 Å². The summed E-state index contributed by atoms with van der Waals surface area (Å²) in [6, 6.07) is 9.24. The highest BCUT2D eigenvalue weighted by Gasteiger charge is 2.08. The molecule has 0 aliphatic carbocycles. The molecule has 0 saturated heterocycles. The molecule has 0 saturated carbocycles. The Hall–Kier alpha value is -1.82. The van der Waals surface area contributed by atoms with Crippen LogP contribution in [0.15, 0.2) is 24.3 Å².